The normalized spacial score (nSPS) is 28.3. The van der Waals surface area contributed by atoms with Gasteiger partial charge in [0.25, 0.3) is 0 Å². The first-order chi connectivity index (χ1) is 8.82. The van der Waals surface area contributed by atoms with Crippen LogP contribution in [0, 0.1) is 17.6 Å². The lowest BCUT2D eigenvalue weighted by molar-refractivity contribution is 0.346. The van der Waals surface area contributed by atoms with E-state index in [1.54, 1.807) is 0 Å². The molecule has 1 fully saturated rings. The maximum absolute atomic E-state index is 13.7. The molecule has 1 aromatic carbocycles. The highest BCUT2D eigenvalue weighted by Crippen LogP contribution is 2.32. The molecule has 3 unspecified atom stereocenters. The Kier molecular flexibility index (Phi) is 3.92. The lowest BCUT2D eigenvalue weighted by atomic mass is 9.87. The van der Waals surface area contributed by atoms with Crippen molar-refractivity contribution in [1.29, 1.82) is 0 Å². The van der Waals surface area contributed by atoms with E-state index < -0.39 is 37.7 Å². The van der Waals surface area contributed by atoms with Crippen LogP contribution >= 0.6 is 0 Å². The fourth-order valence-electron chi connectivity index (χ4n) is 2.58. The van der Waals surface area contributed by atoms with E-state index in [1.807, 2.05) is 6.92 Å². The summed E-state index contributed by atoms with van der Waals surface area (Å²) in [7, 11) is -3.86. The average molecular weight is 289 g/mol. The van der Waals surface area contributed by atoms with Crippen LogP contribution in [0.3, 0.4) is 0 Å². The molecule has 6 heteroatoms. The summed E-state index contributed by atoms with van der Waals surface area (Å²) in [4.78, 5) is -0.455. The highest BCUT2D eigenvalue weighted by Gasteiger charge is 2.38. The van der Waals surface area contributed by atoms with Gasteiger partial charge in [0.1, 0.15) is 16.5 Å². The zero-order valence-corrected chi connectivity index (χ0v) is 11.5. The lowest BCUT2D eigenvalue weighted by Crippen LogP contribution is -2.45. The minimum atomic E-state index is -3.86. The van der Waals surface area contributed by atoms with Gasteiger partial charge in [-0.15, -0.1) is 0 Å². The largest absolute Gasteiger partial charge is 0.327 e. The summed E-state index contributed by atoms with van der Waals surface area (Å²) in [6.07, 6.45) is 1.90. The van der Waals surface area contributed by atoms with Gasteiger partial charge in [-0.25, -0.2) is 17.2 Å². The van der Waals surface area contributed by atoms with Gasteiger partial charge in [0.15, 0.2) is 9.84 Å². The van der Waals surface area contributed by atoms with Gasteiger partial charge in [-0.2, -0.15) is 0 Å². The summed E-state index contributed by atoms with van der Waals surface area (Å²) in [5, 5.41) is -0.795. The fourth-order valence-corrected chi connectivity index (χ4v) is 4.67. The molecule has 0 aliphatic heterocycles. The molecular weight excluding hydrogens is 272 g/mol. The van der Waals surface area contributed by atoms with Crippen LogP contribution < -0.4 is 5.73 Å². The van der Waals surface area contributed by atoms with Crippen molar-refractivity contribution in [2.75, 3.05) is 0 Å². The first-order valence-corrected chi connectivity index (χ1v) is 7.81. The van der Waals surface area contributed by atoms with Crippen molar-refractivity contribution in [3.05, 3.63) is 29.8 Å². The second-order valence-corrected chi connectivity index (χ2v) is 7.38. The van der Waals surface area contributed by atoms with Crippen LogP contribution in [0.15, 0.2) is 23.1 Å². The predicted molar refractivity (Wildman–Crippen MR) is 68.3 cm³/mol. The summed E-state index contributed by atoms with van der Waals surface area (Å²) in [6, 6.07) is 2.02. The van der Waals surface area contributed by atoms with Crippen molar-refractivity contribution < 1.29 is 17.2 Å². The summed E-state index contributed by atoms with van der Waals surface area (Å²) >= 11 is 0. The molecule has 2 N–H and O–H groups in total. The molecule has 1 saturated carbocycles. The smallest absolute Gasteiger partial charge is 0.185 e. The minimum Gasteiger partial charge on any atom is -0.327 e. The molecule has 2 rings (SSSR count). The second-order valence-electron chi connectivity index (χ2n) is 5.24. The summed E-state index contributed by atoms with van der Waals surface area (Å²) in [5.41, 5.74) is 5.87. The number of hydrogen-bond donors (Lipinski definition) is 1. The summed E-state index contributed by atoms with van der Waals surface area (Å²) in [5.74, 6) is -1.61. The molecule has 1 aliphatic carbocycles. The zero-order valence-electron chi connectivity index (χ0n) is 10.6. The molecule has 0 bridgehead atoms. The van der Waals surface area contributed by atoms with Gasteiger partial charge < -0.3 is 5.73 Å². The zero-order chi connectivity index (χ0) is 14.2. The number of benzene rings is 1. The van der Waals surface area contributed by atoms with E-state index in [9.17, 15) is 17.2 Å². The van der Waals surface area contributed by atoms with Gasteiger partial charge in [-0.05, 0) is 37.3 Å². The number of hydrogen-bond acceptors (Lipinski definition) is 3. The maximum atomic E-state index is 13.7. The molecule has 3 atom stereocenters. The van der Waals surface area contributed by atoms with Gasteiger partial charge in [0.2, 0.25) is 0 Å². The van der Waals surface area contributed by atoms with Crippen molar-refractivity contribution >= 4 is 9.84 Å². The van der Waals surface area contributed by atoms with Crippen LogP contribution in [0.25, 0.3) is 0 Å². The van der Waals surface area contributed by atoms with E-state index in [1.165, 1.54) is 0 Å². The van der Waals surface area contributed by atoms with Gasteiger partial charge in [0.05, 0.1) is 5.25 Å². The molecule has 0 saturated heterocycles. The van der Waals surface area contributed by atoms with Crippen LogP contribution in [-0.4, -0.2) is 19.7 Å². The molecule has 19 heavy (non-hydrogen) atoms. The highest BCUT2D eigenvalue weighted by atomic mass is 32.2. The van der Waals surface area contributed by atoms with Crippen molar-refractivity contribution in [3.63, 3.8) is 0 Å². The van der Waals surface area contributed by atoms with E-state index in [0.717, 1.165) is 18.6 Å². The molecule has 0 heterocycles. The number of halogens is 2. The Morgan fingerprint density at radius 1 is 1.26 bits per heavy atom. The van der Waals surface area contributed by atoms with E-state index >= 15 is 0 Å². The monoisotopic (exact) mass is 289 g/mol. The molecule has 0 aromatic heterocycles. The standard InChI is InChI=1S/C13H17F2NO2S/c1-8-2-4-11(16)13(6-8)19(17,18)12-5-3-9(14)7-10(12)15/h3,5,7-8,11,13H,2,4,6,16H2,1H3. The molecular formula is C13H17F2NO2S. The topological polar surface area (TPSA) is 60.2 Å². The summed E-state index contributed by atoms with van der Waals surface area (Å²) < 4.78 is 51.4. The third-order valence-corrected chi connectivity index (χ3v) is 5.99. The third kappa shape index (κ3) is 2.79. The minimum absolute atomic E-state index is 0.239. The van der Waals surface area contributed by atoms with E-state index in [-0.39, 0.29) is 5.92 Å². The molecule has 1 aromatic rings. The van der Waals surface area contributed by atoms with Gasteiger partial charge in [-0.1, -0.05) is 6.92 Å². The molecule has 1 aliphatic rings. The van der Waals surface area contributed by atoms with Gasteiger partial charge in [0, 0.05) is 12.1 Å². The van der Waals surface area contributed by atoms with Crippen LogP contribution in [0.1, 0.15) is 26.2 Å². The van der Waals surface area contributed by atoms with Crippen molar-refractivity contribution in [2.45, 2.75) is 42.4 Å². The number of rotatable bonds is 2. The molecule has 0 radical (unpaired) electrons. The Balaban J connectivity index is 2.41. The Labute approximate surface area is 111 Å². The van der Waals surface area contributed by atoms with Crippen molar-refractivity contribution in [3.8, 4) is 0 Å². The number of nitrogens with two attached hydrogens (primary N) is 1. The quantitative estimate of drug-likeness (QED) is 0.850. The second kappa shape index (κ2) is 5.17. The van der Waals surface area contributed by atoms with Crippen LogP contribution in [-0.2, 0) is 9.84 Å². The fraction of sp³-hybridized carbons (Fsp3) is 0.538. The SMILES string of the molecule is CC1CCC(N)C(S(=O)(=O)c2ccc(F)cc2F)C1. The van der Waals surface area contributed by atoms with E-state index in [4.69, 9.17) is 5.73 Å². The first kappa shape index (κ1) is 14.4. The molecule has 3 nitrogen and oxygen atoms in total. The predicted octanol–water partition coefficient (Wildman–Crippen LogP) is 2.25. The summed E-state index contributed by atoms with van der Waals surface area (Å²) in [6.45, 7) is 1.95. The third-order valence-electron chi connectivity index (χ3n) is 3.70. The lowest BCUT2D eigenvalue weighted by Gasteiger charge is -2.32. The Morgan fingerprint density at radius 2 is 1.95 bits per heavy atom. The van der Waals surface area contributed by atoms with E-state index in [0.29, 0.717) is 18.9 Å². The van der Waals surface area contributed by atoms with Crippen LogP contribution in [0.4, 0.5) is 8.78 Å². The van der Waals surface area contributed by atoms with Crippen molar-refractivity contribution in [1.82, 2.24) is 0 Å². The molecule has 0 spiro atoms. The maximum Gasteiger partial charge on any atom is 0.185 e. The van der Waals surface area contributed by atoms with Crippen LogP contribution in [0.2, 0.25) is 0 Å². The van der Waals surface area contributed by atoms with Gasteiger partial charge >= 0.3 is 0 Å². The average Bonchev–Trinajstić information content (AvgIpc) is 2.31. The Morgan fingerprint density at radius 3 is 2.58 bits per heavy atom. The Hall–Kier alpha value is -1.01. The van der Waals surface area contributed by atoms with Gasteiger partial charge in [-0.3, -0.25) is 0 Å². The highest BCUT2D eigenvalue weighted by molar-refractivity contribution is 7.92. The van der Waals surface area contributed by atoms with Crippen LogP contribution in [0.5, 0.6) is 0 Å². The molecule has 106 valence electrons. The number of sulfone groups is 1. The van der Waals surface area contributed by atoms with Crippen molar-refractivity contribution in [2.24, 2.45) is 11.7 Å². The Bertz CT molecular complexity index is 574. The molecule has 0 amide bonds. The first-order valence-electron chi connectivity index (χ1n) is 6.27. The van der Waals surface area contributed by atoms with E-state index in [2.05, 4.69) is 0 Å².